The number of tetrazole rings is 1. The minimum absolute atomic E-state index is 0.322. The standard InChI is InChI=1S/C13H19N5O2/c1-19-11-5-4-6-12(9-11)20-10-13-15-16-17-18(13)8-3-2-7-14/h4-6,9H,2-3,7-8,10,14H2,1H3. The fraction of sp³-hybridized carbons (Fsp3) is 0.462. The average Bonchev–Trinajstić information content (AvgIpc) is 2.93. The summed E-state index contributed by atoms with van der Waals surface area (Å²) in [5.41, 5.74) is 5.47. The van der Waals surface area contributed by atoms with Gasteiger partial charge in [0.25, 0.3) is 0 Å². The van der Waals surface area contributed by atoms with Crippen LogP contribution in [0.5, 0.6) is 11.5 Å². The summed E-state index contributed by atoms with van der Waals surface area (Å²) in [5, 5.41) is 11.6. The molecular weight excluding hydrogens is 258 g/mol. The van der Waals surface area contributed by atoms with Gasteiger partial charge in [-0.3, -0.25) is 0 Å². The van der Waals surface area contributed by atoms with E-state index < -0.39 is 0 Å². The zero-order valence-corrected chi connectivity index (χ0v) is 11.5. The summed E-state index contributed by atoms with van der Waals surface area (Å²) in [6.45, 7) is 1.75. The van der Waals surface area contributed by atoms with Crippen LogP contribution in [-0.4, -0.2) is 33.9 Å². The highest BCUT2D eigenvalue weighted by molar-refractivity contribution is 5.32. The topological polar surface area (TPSA) is 88.1 Å². The first-order chi connectivity index (χ1) is 9.83. The first-order valence-electron chi connectivity index (χ1n) is 6.55. The molecule has 1 aromatic carbocycles. The summed E-state index contributed by atoms with van der Waals surface area (Å²) in [6.07, 6.45) is 1.91. The average molecular weight is 277 g/mol. The quantitative estimate of drug-likeness (QED) is 0.724. The van der Waals surface area contributed by atoms with Crippen molar-refractivity contribution in [1.29, 1.82) is 0 Å². The van der Waals surface area contributed by atoms with E-state index in [0.717, 1.165) is 30.9 Å². The lowest BCUT2D eigenvalue weighted by Gasteiger charge is -2.08. The van der Waals surface area contributed by atoms with E-state index in [9.17, 15) is 0 Å². The van der Waals surface area contributed by atoms with E-state index in [1.165, 1.54) is 0 Å². The van der Waals surface area contributed by atoms with Crippen molar-refractivity contribution in [3.63, 3.8) is 0 Å². The molecule has 0 bridgehead atoms. The first kappa shape index (κ1) is 14.3. The molecule has 0 aliphatic heterocycles. The molecule has 0 fully saturated rings. The Bertz CT molecular complexity index is 529. The SMILES string of the molecule is COc1cccc(OCc2nnnn2CCCCN)c1. The Morgan fingerprint density at radius 3 is 2.90 bits per heavy atom. The summed E-state index contributed by atoms with van der Waals surface area (Å²) in [4.78, 5) is 0. The minimum atomic E-state index is 0.322. The Hall–Kier alpha value is -2.15. The van der Waals surface area contributed by atoms with Gasteiger partial charge in [0.05, 0.1) is 7.11 Å². The van der Waals surface area contributed by atoms with Gasteiger partial charge in [-0.15, -0.1) is 5.10 Å². The summed E-state index contributed by atoms with van der Waals surface area (Å²) in [6, 6.07) is 7.43. The molecule has 0 aliphatic rings. The van der Waals surface area contributed by atoms with Crippen molar-refractivity contribution in [2.24, 2.45) is 5.73 Å². The largest absolute Gasteiger partial charge is 0.497 e. The first-order valence-corrected chi connectivity index (χ1v) is 6.55. The molecule has 20 heavy (non-hydrogen) atoms. The lowest BCUT2D eigenvalue weighted by molar-refractivity contribution is 0.283. The predicted molar refractivity (Wildman–Crippen MR) is 73.4 cm³/mol. The summed E-state index contributed by atoms with van der Waals surface area (Å²) in [7, 11) is 1.62. The second-order valence-corrected chi connectivity index (χ2v) is 4.28. The number of aromatic nitrogens is 4. The smallest absolute Gasteiger partial charge is 0.189 e. The Labute approximate surface area is 117 Å². The molecule has 0 aliphatic carbocycles. The minimum Gasteiger partial charge on any atom is -0.497 e. The molecular formula is C13H19N5O2. The molecule has 0 spiro atoms. The van der Waals surface area contributed by atoms with Crippen molar-refractivity contribution in [1.82, 2.24) is 20.2 Å². The Kier molecular flexibility index (Phi) is 5.31. The number of nitrogens with two attached hydrogens (primary N) is 1. The molecule has 7 nitrogen and oxygen atoms in total. The number of hydrogen-bond donors (Lipinski definition) is 1. The molecule has 0 atom stereocenters. The van der Waals surface area contributed by atoms with Gasteiger partial charge in [0.15, 0.2) is 5.82 Å². The Morgan fingerprint density at radius 2 is 2.10 bits per heavy atom. The predicted octanol–water partition coefficient (Wildman–Crippen LogP) is 1.000. The van der Waals surface area contributed by atoms with Crippen LogP contribution in [-0.2, 0) is 13.2 Å². The van der Waals surface area contributed by atoms with E-state index >= 15 is 0 Å². The monoisotopic (exact) mass is 277 g/mol. The van der Waals surface area contributed by atoms with Gasteiger partial charge in [-0.25, -0.2) is 4.68 Å². The van der Waals surface area contributed by atoms with Gasteiger partial charge >= 0.3 is 0 Å². The molecule has 7 heteroatoms. The fourth-order valence-electron chi connectivity index (χ4n) is 1.75. The zero-order valence-electron chi connectivity index (χ0n) is 11.5. The van der Waals surface area contributed by atoms with Crippen molar-refractivity contribution in [2.75, 3.05) is 13.7 Å². The van der Waals surface area contributed by atoms with Crippen LogP contribution in [0.25, 0.3) is 0 Å². The number of ether oxygens (including phenoxy) is 2. The van der Waals surface area contributed by atoms with Gasteiger partial charge in [0, 0.05) is 12.6 Å². The van der Waals surface area contributed by atoms with Gasteiger partial charge in [-0.2, -0.15) is 0 Å². The van der Waals surface area contributed by atoms with E-state index in [1.54, 1.807) is 11.8 Å². The normalized spacial score (nSPS) is 10.5. The van der Waals surface area contributed by atoms with Crippen LogP contribution in [0.4, 0.5) is 0 Å². The zero-order chi connectivity index (χ0) is 14.2. The highest BCUT2D eigenvalue weighted by Gasteiger charge is 2.07. The maximum atomic E-state index is 5.67. The van der Waals surface area contributed by atoms with E-state index in [1.807, 2.05) is 24.3 Å². The molecule has 0 saturated heterocycles. The fourth-order valence-corrected chi connectivity index (χ4v) is 1.75. The Morgan fingerprint density at radius 1 is 1.25 bits per heavy atom. The molecule has 2 aromatic rings. The number of benzene rings is 1. The van der Waals surface area contributed by atoms with Crippen LogP contribution in [0.2, 0.25) is 0 Å². The number of rotatable bonds is 8. The second-order valence-electron chi connectivity index (χ2n) is 4.28. The third-order valence-corrected chi connectivity index (χ3v) is 2.84. The summed E-state index contributed by atoms with van der Waals surface area (Å²) in [5.74, 6) is 2.18. The van der Waals surface area contributed by atoms with Gasteiger partial charge in [-0.1, -0.05) is 6.07 Å². The molecule has 0 amide bonds. The van der Waals surface area contributed by atoms with E-state index in [-0.39, 0.29) is 0 Å². The van der Waals surface area contributed by atoms with Crippen LogP contribution in [0.1, 0.15) is 18.7 Å². The third kappa shape index (κ3) is 3.92. The molecule has 1 heterocycles. The van der Waals surface area contributed by atoms with Crippen molar-refractivity contribution < 1.29 is 9.47 Å². The summed E-state index contributed by atoms with van der Waals surface area (Å²) < 4.78 is 12.6. The van der Waals surface area contributed by atoms with Crippen LogP contribution < -0.4 is 15.2 Å². The van der Waals surface area contributed by atoms with Crippen molar-refractivity contribution in [3.8, 4) is 11.5 Å². The van der Waals surface area contributed by atoms with Gasteiger partial charge in [0.1, 0.15) is 18.1 Å². The molecule has 0 saturated carbocycles. The lowest BCUT2D eigenvalue weighted by atomic mass is 10.3. The number of aryl methyl sites for hydroxylation is 1. The number of unbranched alkanes of at least 4 members (excludes halogenated alkanes) is 1. The van der Waals surface area contributed by atoms with Crippen LogP contribution >= 0.6 is 0 Å². The maximum absolute atomic E-state index is 5.67. The molecule has 2 rings (SSSR count). The second kappa shape index (κ2) is 7.44. The van der Waals surface area contributed by atoms with Crippen molar-refractivity contribution >= 4 is 0 Å². The highest BCUT2D eigenvalue weighted by Crippen LogP contribution is 2.19. The number of nitrogens with zero attached hydrogens (tertiary/aromatic N) is 4. The van der Waals surface area contributed by atoms with Gasteiger partial charge < -0.3 is 15.2 Å². The van der Waals surface area contributed by atoms with Gasteiger partial charge in [-0.05, 0) is 41.9 Å². The van der Waals surface area contributed by atoms with Crippen LogP contribution in [0.3, 0.4) is 0 Å². The highest BCUT2D eigenvalue weighted by atomic mass is 16.5. The van der Waals surface area contributed by atoms with E-state index in [0.29, 0.717) is 19.0 Å². The van der Waals surface area contributed by atoms with E-state index in [2.05, 4.69) is 15.5 Å². The third-order valence-electron chi connectivity index (χ3n) is 2.84. The molecule has 2 N–H and O–H groups in total. The summed E-state index contributed by atoms with van der Waals surface area (Å²) >= 11 is 0. The number of hydrogen-bond acceptors (Lipinski definition) is 6. The van der Waals surface area contributed by atoms with Crippen molar-refractivity contribution in [2.45, 2.75) is 26.0 Å². The van der Waals surface area contributed by atoms with Crippen LogP contribution in [0.15, 0.2) is 24.3 Å². The number of methoxy groups -OCH3 is 1. The molecule has 0 radical (unpaired) electrons. The van der Waals surface area contributed by atoms with E-state index in [4.69, 9.17) is 15.2 Å². The maximum Gasteiger partial charge on any atom is 0.189 e. The molecule has 1 aromatic heterocycles. The molecule has 108 valence electrons. The lowest BCUT2D eigenvalue weighted by Crippen LogP contribution is -2.10. The molecule has 0 unspecified atom stereocenters. The van der Waals surface area contributed by atoms with Crippen molar-refractivity contribution in [3.05, 3.63) is 30.1 Å². The van der Waals surface area contributed by atoms with Gasteiger partial charge in [0.2, 0.25) is 0 Å². The Balaban J connectivity index is 1.91. The van der Waals surface area contributed by atoms with Crippen LogP contribution in [0, 0.1) is 0 Å².